The maximum absolute atomic E-state index is 5.65. The van der Waals surface area contributed by atoms with Crippen molar-refractivity contribution < 1.29 is 0 Å². The largest absolute Gasteiger partial charge is 0.375 e. The van der Waals surface area contributed by atoms with Crippen LogP contribution in [0.2, 0.25) is 0 Å². The fraction of sp³-hybridized carbons (Fsp3) is 0.250. The van der Waals surface area contributed by atoms with Crippen LogP contribution in [0, 0.1) is 0 Å². The molecule has 0 aliphatic rings. The van der Waals surface area contributed by atoms with E-state index in [1.165, 1.54) is 22.5 Å². The highest BCUT2D eigenvalue weighted by molar-refractivity contribution is 7.13. The molecule has 1 heterocycles. The normalized spacial score (nSPS) is 10.9. The summed E-state index contributed by atoms with van der Waals surface area (Å²) in [6, 6.07) is 8.35. The minimum Gasteiger partial charge on any atom is -0.375 e. The van der Waals surface area contributed by atoms with E-state index in [-0.39, 0.29) is 0 Å². The molecule has 0 amide bonds. The van der Waals surface area contributed by atoms with Crippen molar-refractivity contribution in [1.82, 2.24) is 4.98 Å². The molecule has 2 aromatic rings. The number of nitrogens with zero attached hydrogens (tertiary/aromatic N) is 1. The summed E-state index contributed by atoms with van der Waals surface area (Å²) in [6.07, 6.45) is 0. The number of hydrogen-bond acceptors (Lipinski definition) is 3. The zero-order valence-electron chi connectivity index (χ0n) is 8.90. The molecule has 0 aliphatic carbocycles. The first kappa shape index (κ1) is 10.2. The van der Waals surface area contributed by atoms with Crippen molar-refractivity contribution in [3.05, 3.63) is 35.2 Å². The smallest absolute Gasteiger partial charge is 0.180 e. The molecule has 3 heteroatoms. The Bertz CT molecular complexity index is 460. The summed E-state index contributed by atoms with van der Waals surface area (Å²) in [7, 11) is 0. The summed E-state index contributed by atoms with van der Waals surface area (Å²) in [4.78, 5) is 4.32. The summed E-state index contributed by atoms with van der Waals surface area (Å²) in [5, 5.41) is 2.64. The summed E-state index contributed by atoms with van der Waals surface area (Å²) >= 11 is 1.49. The SMILES string of the molecule is CC(C)c1ccccc1-c1csc(N)n1. The predicted molar refractivity (Wildman–Crippen MR) is 66.1 cm³/mol. The van der Waals surface area contributed by atoms with Crippen molar-refractivity contribution in [2.24, 2.45) is 0 Å². The van der Waals surface area contributed by atoms with Crippen LogP contribution in [0.25, 0.3) is 11.3 Å². The summed E-state index contributed by atoms with van der Waals surface area (Å²) < 4.78 is 0. The van der Waals surface area contributed by atoms with E-state index in [4.69, 9.17) is 5.73 Å². The predicted octanol–water partition coefficient (Wildman–Crippen LogP) is 3.52. The van der Waals surface area contributed by atoms with E-state index in [2.05, 4.69) is 37.0 Å². The molecule has 0 bridgehead atoms. The van der Waals surface area contributed by atoms with Gasteiger partial charge >= 0.3 is 0 Å². The van der Waals surface area contributed by atoms with Gasteiger partial charge in [0.2, 0.25) is 0 Å². The third kappa shape index (κ3) is 2.02. The molecule has 0 unspecified atom stereocenters. The third-order valence-electron chi connectivity index (χ3n) is 2.38. The molecular formula is C12H14N2S. The lowest BCUT2D eigenvalue weighted by Gasteiger charge is -2.10. The van der Waals surface area contributed by atoms with Crippen LogP contribution >= 0.6 is 11.3 Å². The van der Waals surface area contributed by atoms with Crippen molar-refractivity contribution in [2.45, 2.75) is 19.8 Å². The number of rotatable bonds is 2. The minimum absolute atomic E-state index is 0.504. The lowest BCUT2D eigenvalue weighted by atomic mass is 9.96. The second-order valence-electron chi connectivity index (χ2n) is 3.81. The highest BCUT2D eigenvalue weighted by Gasteiger charge is 2.09. The first-order valence-corrected chi connectivity index (χ1v) is 5.86. The highest BCUT2D eigenvalue weighted by Crippen LogP contribution is 2.30. The molecule has 0 atom stereocenters. The standard InChI is InChI=1S/C12H14N2S/c1-8(2)9-5-3-4-6-10(9)11-7-15-12(13)14-11/h3-8H,1-2H3,(H2,13,14). The van der Waals surface area contributed by atoms with Crippen molar-refractivity contribution in [3.63, 3.8) is 0 Å². The van der Waals surface area contributed by atoms with Gasteiger partial charge in [0.1, 0.15) is 0 Å². The molecule has 1 aromatic carbocycles. The second kappa shape index (κ2) is 4.03. The van der Waals surface area contributed by atoms with Crippen LogP contribution in [0.3, 0.4) is 0 Å². The molecule has 78 valence electrons. The minimum atomic E-state index is 0.504. The van der Waals surface area contributed by atoms with Gasteiger partial charge in [-0.1, -0.05) is 38.1 Å². The number of anilines is 1. The van der Waals surface area contributed by atoms with Crippen molar-refractivity contribution in [1.29, 1.82) is 0 Å². The Morgan fingerprint density at radius 2 is 2.00 bits per heavy atom. The van der Waals surface area contributed by atoms with Crippen LogP contribution in [0.5, 0.6) is 0 Å². The van der Waals surface area contributed by atoms with Crippen LogP contribution in [0.1, 0.15) is 25.3 Å². The number of nitrogen functional groups attached to an aromatic ring is 1. The van der Waals surface area contributed by atoms with Gasteiger partial charge in [-0.05, 0) is 11.5 Å². The van der Waals surface area contributed by atoms with E-state index in [1.54, 1.807) is 0 Å². The molecule has 0 spiro atoms. The second-order valence-corrected chi connectivity index (χ2v) is 4.70. The lowest BCUT2D eigenvalue weighted by Crippen LogP contribution is -1.92. The van der Waals surface area contributed by atoms with Crippen molar-refractivity contribution >= 4 is 16.5 Å². The number of hydrogen-bond donors (Lipinski definition) is 1. The van der Waals surface area contributed by atoms with Crippen LogP contribution < -0.4 is 5.73 Å². The molecule has 2 nitrogen and oxygen atoms in total. The molecule has 0 fully saturated rings. The molecule has 0 radical (unpaired) electrons. The van der Waals surface area contributed by atoms with Crippen molar-refractivity contribution in [3.8, 4) is 11.3 Å². The Morgan fingerprint density at radius 3 is 2.60 bits per heavy atom. The van der Waals surface area contributed by atoms with Gasteiger partial charge in [0, 0.05) is 10.9 Å². The maximum Gasteiger partial charge on any atom is 0.180 e. The van der Waals surface area contributed by atoms with Crippen LogP contribution in [-0.2, 0) is 0 Å². The van der Waals surface area contributed by atoms with E-state index in [0.717, 1.165) is 5.69 Å². The highest BCUT2D eigenvalue weighted by atomic mass is 32.1. The third-order valence-corrected chi connectivity index (χ3v) is 3.05. The zero-order chi connectivity index (χ0) is 10.8. The summed E-state index contributed by atoms with van der Waals surface area (Å²) in [5.41, 5.74) is 9.15. The molecule has 2 rings (SSSR count). The Labute approximate surface area is 93.8 Å². The lowest BCUT2D eigenvalue weighted by molar-refractivity contribution is 0.868. The van der Waals surface area contributed by atoms with E-state index in [0.29, 0.717) is 11.0 Å². The van der Waals surface area contributed by atoms with Gasteiger partial charge in [-0.2, -0.15) is 0 Å². The molecule has 2 N–H and O–H groups in total. The van der Waals surface area contributed by atoms with E-state index in [9.17, 15) is 0 Å². The Balaban J connectivity index is 2.52. The number of nitrogens with two attached hydrogens (primary N) is 1. The number of aromatic nitrogens is 1. The van der Waals surface area contributed by atoms with Crippen molar-refractivity contribution in [2.75, 3.05) is 5.73 Å². The zero-order valence-corrected chi connectivity index (χ0v) is 9.71. The fourth-order valence-electron chi connectivity index (χ4n) is 1.65. The molecule has 15 heavy (non-hydrogen) atoms. The first-order valence-electron chi connectivity index (χ1n) is 4.99. The maximum atomic E-state index is 5.65. The van der Waals surface area contributed by atoms with Gasteiger partial charge in [-0.3, -0.25) is 0 Å². The Kier molecular flexibility index (Phi) is 2.73. The topological polar surface area (TPSA) is 38.9 Å². The van der Waals surface area contributed by atoms with Crippen LogP contribution in [0.4, 0.5) is 5.13 Å². The van der Waals surface area contributed by atoms with Gasteiger partial charge < -0.3 is 5.73 Å². The molecule has 1 aromatic heterocycles. The van der Waals surface area contributed by atoms with E-state index >= 15 is 0 Å². The van der Waals surface area contributed by atoms with Crippen LogP contribution in [-0.4, -0.2) is 4.98 Å². The van der Waals surface area contributed by atoms with Gasteiger partial charge in [0.05, 0.1) is 5.69 Å². The fourth-order valence-corrected chi connectivity index (χ4v) is 2.21. The molecule has 0 aliphatic heterocycles. The summed E-state index contributed by atoms with van der Waals surface area (Å²) in [6.45, 7) is 4.38. The monoisotopic (exact) mass is 218 g/mol. The molecular weight excluding hydrogens is 204 g/mol. The van der Waals surface area contributed by atoms with E-state index < -0.39 is 0 Å². The van der Waals surface area contributed by atoms with Gasteiger partial charge in [-0.15, -0.1) is 11.3 Å². The quantitative estimate of drug-likeness (QED) is 0.837. The summed E-state index contributed by atoms with van der Waals surface area (Å²) in [5.74, 6) is 0.504. The molecule has 0 saturated carbocycles. The van der Waals surface area contributed by atoms with E-state index in [1.807, 2.05) is 11.4 Å². The Hall–Kier alpha value is -1.35. The average molecular weight is 218 g/mol. The number of benzene rings is 1. The molecule has 0 saturated heterocycles. The van der Waals surface area contributed by atoms with Gasteiger partial charge in [0.15, 0.2) is 5.13 Å². The number of thiazole rings is 1. The average Bonchev–Trinajstić information content (AvgIpc) is 2.65. The van der Waals surface area contributed by atoms with Crippen LogP contribution in [0.15, 0.2) is 29.6 Å². The van der Waals surface area contributed by atoms with Gasteiger partial charge in [0.25, 0.3) is 0 Å². The Morgan fingerprint density at radius 1 is 1.27 bits per heavy atom. The van der Waals surface area contributed by atoms with Gasteiger partial charge in [-0.25, -0.2) is 4.98 Å². The first-order chi connectivity index (χ1) is 7.18.